The molecule has 1 aromatic carbocycles. The second-order valence-electron chi connectivity index (χ2n) is 5.43. The van der Waals surface area contributed by atoms with Crippen molar-refractivity contribution < 1.29 is 25.0 Å². The van der Waals surface area contributed by atoms with Crippen molar-refractivity contribution in [2.24, 2.45) is 0 Å². The van der Waals surface area contributed by atoms with E-state index in [-0.39, 0.29) is 11.2 Å². The Balaban J connectivity index is 2.12. The standard InChI is InChI=1S/C13H15N3O6/c1-13(19)11(18)9(5-17)22-12(13)15-6-14-10-7(15)3-2-4-8(10)16(20)21/h2-4,6,9,11-12,17-19H,5H2,1H3. The van der Waals surface area contributed by atoms with E-state index in [4.69, 9.17) is 4.74 Å². The molecule has 2 heterocycles. The van der Waals surface area contributed by atoms with E-state index in [0.29, 0.717) is 5.52 Å². The Morgan fingerprint density at radius 1 is 1.55 bits per heavy atom. The van der Waals surface area contributed by atoms with Crippen molar-refractivity contribution in [3.63, 3.8) is 0 Å². The number of non-ortho nitro benzene ring substituents is 1. The Bertz CT molecular complexity index is 728. The van der Waals surface area contributed by atoms with Gasteiger partial charge in [-0.05, 0) is 13.0 Å². The van der Waals surface area contributed by atoms with E-state index in [9.17, 15) is 25.4 Å². The molecular weight excluding hydrogens is 294 g/mol. The van der Waals surface area contributed by atoms with Gasteiger partial charge in [0.2, 0.25) is 0 Å². The van der Waals surface area contributed by atoms with Gasteiger partial charge >= 0.3 is 0 Å². The molecule has 9 heteroatoms. The number of aliphatic hydroxyl groups excluding tert-OH is 2. The zero-order valence-electron chi connectivity index (χ0n) is 11.7. The predicted molar refractivity (Wildman–Crippen MR) is 74.0 cm³/mol. The Labute approximate surface area is 124 Å². The molecule has 2 aromatic rings. The monoisotopic (exact) mass is 309 g/mol. The van der Waals surface area contributed by atoms with Gasteiger partial charge in [-0.1, -0.05) is 6.07 Å². The fourth-order valence-corrected chi connectivity index (χ4v) is 2.77. The smallest absolute Gasteiger partial charge is 0.297 e. The molecule has 22 heavy (non-hydrogen) atoms. The van der Waals surface area contributed by atoms with Crippen molar-refractivity contribution >= 4 is 16.7 Å². The lowest BCUT2D eigenvalue weighted by Gasteiger charge is -2.27. The van der Waals surface area contributed by atoms with Gasteiger partial charge in [-0.15, -0.1) is 0 Å². The molecule has 3 rings (SSSR count). The minimum absolute atomic E-state index is 0.159. The van der Waals surface area contributed by atoms with Crippen LogP contribution in [0.4, 0.5) is 5.69 Å². The molecule has 1 aromatic heterocycles. The lowest BCUT2D eigenvalue weighted by Crippen LogP contribution is -2.44. The van der Waals surface area contributed by atoms with Crippen molar-refractivity contribution in [1.29, 1.82) is 0 Å². The van der Waals surface area contributed by atoms with Gasteiger partial charge in [0.25, 0.3) is 5.69 Å². The molecule has 9 nitrogen and oxygen atoms in total. The summed E-state index contributed by atoms with van der Waals surface area (Å²) in [7, 11) is 0. The van der Waals surface area contributed by atoms with E-state index in [1.807, 2.05) is 0 Å². The highest BCUT2D eigenvalue weighted by atomic mass is 16.6. The van der Waals surface area contributed by atoms with Crippen LogP contribution in [0, 0.1) is 10.1 Å². The summed E-state index contributed by atoms with van der Waals surface area (Å²) in [5.41, 5.74) is -1.28. The molecule has 0 bridgehead atoms. The number of aliphatic hydroxyl groups is 3. The van der Waals surface area contributed by atoms with Crippen LogP contribution in [-0.4, -0.2) is 54.2 Å². The van der Waals surface area contributed by atoms with Gasteiger partial charge in [0.15, 0.2) is 11.7 Å². The van der Waals surface area contributed by atoms with E-state index in [1.165, 1.54) is 30.0 Å². The molecule has 1 aliphatic heterocycles. The van der Waals surface area contributed by atoms with Crippen LogP contribution in [0.25, 0.3) is 11.0 Å². The highest BCUT2D eigenvalue weighted by Gasteiger charge is 2.53. The maximum Gasteiger partial charge on any atom is 0.297 e. The summed E-state index contributed by atoms with van der Waals surface area (Å²) in [6, 6.07) is 4.44. The highest BCUT2D eigenvalue weighted by Crippen LogP contribution is 2.40. The second-order valence-corrected chi connectivity index (χ2v) is 5.43. The highest BCUT2D eigenvalue weighted by molar-refractivity contribution is 5.84. The van der Waals surface area contributed by atoms with Gasteiger partial charge in [-0.3, -0.25) is 10.1 Å². The van der Waals surface area contributed by atoms with E-state index in [0.717, 1.165) is 0 Å². The van der Waals surface area contributed by atoms with Crippen molar-refractivity contribution in [3.05, 3.63) is 34.6 Å². The fraction of sp³-hybridized carbons (Fsp3) is 0.462. The molecule has 0 amide bonds. The third kappa shape index (κ3) is 1.98. The minimum atomic E-state index is -1.67. The molecule has 4 unspecified atom stereocenters. The molecular formula is C13H15N3O6. The maximum absolute atomic E-state index is 11.0. The second kappa shape index (κ2) is 4.99. The number of nitrogens with zero attached hydrogens (tertiary/aromatic N) is 3. The zero-order chi connectivity index (χ0) is 16.1. The first-order valence-corrected chi connectivity index (χ1v) is 6.64. The van der Waals surface area contributed by atoms with E-state index < -0.39 is 35.6 Å². The number of rotatable bonds is 3. The fourth-order valence-electron chi connectivity index (χ4n) is 2.77. The molecule has 1 saturated heterocycles. The Hall–Kier alpha value is -2.07. The Morgan fingerprint density at radius 2 is 2.27 bits per heavy atom. The third-order valence-corrected chi connectivity index (χ3v) is 3.97. The van der Waals surface area contributed by atoms with Gasteiger partial charge < -0.3 is 24.6 Å². The molecule has 0 radical (unpaired) electrons. The van der Waals surface area contributed by atoms with Crippen LogP contribution in [0.15, 0.2) is 24.5 Å². The molecule has 1 fully saturated rings. The topological polar surface area (TPSA) is 131 Å². The van der Waals surface area contributed by atoms with Gasteiger partial charge in [0, 0.05) is 6.07 Å². The summed E-state index contributed by atoms with van der Waals surface area (Å²) in [5.74, 6) is 0. The number of nitro groups is 1. The van der Waals surface area contributed by atoms with Crippen LogP contribution in [-0.2, 0) is 4.74 Å². The summed E-state index contributed by atoms with van der Waals surface area (Å²) in [6.07, 6.45) is -1.95. The van der Waals surface area contributed by atoms with E-state index in [1.54, 1.807) is 6.07 Å². The third-order valence-electron chi connectivity index (χ3n) is 3.97. The maximum atomic E-state index is 11.0. The van der Waals surface area contributed by atoms with Crippen LogP contribution in [0.1, 0.15) is 13.2 Å². The van der Waals surface area contributed by atoms with Crippen LogP contribution in [0.3, 0.4) is 0 Å². The number of hydrogen-bond donors (Lipinski definition) is 3. The summed E-state index contributed by atoms with van der Waals surface area (Å²) < 4.78 is 6.91. The average molecular weight is 309 g/mol. The van der Waals surface area contributed by atoms with Crippen molar-refractivity contribution in [1.82, 2.24) is 9.55 Å². The number of hydrogen-bond acceptors (Lipinski definition) is 7. The van der Waals surface area contributed by atoms with Crippen molar-refractivity contribution in [2.75, 3.05) is 6.61 Å². The first-order chi connectivity index (χ1) is 10.4. The summed E-state index contributed by atoms with van der Waals surface area (Å²) >= 11 is 0. The molecule has 0 spiro atoms. The SMILES string of the molecule is CC1(O)C(O)C(CO)OC1n1cnc2c([N+](=O)[O-])cccc21. The molecule has 3 N–H and O–H groups in total. The first-order valence-electron chi connectivity index (χ1n) is 6.64. The van der Waals surface area contributed by atoms with E-state index in [2.05, 4.69) is 4.98 Å². The van der Waals surface area contributed by atoms with E-state index >= 15 is 0 Å². The summed E-state index contributed by atoms with van der Waals surface area (Å²) in [5, 5.41) is 40.7. The number of imidazole rings is 1. The lowest BCUT2D eigenvalue weighted by molar-refractivity contribution is -0.383. The lowest BCUT2D eigenvalue weighted by atomic mass is 9.96. The van der Waals surface area contributed by atoms with Crippen molar-refractivity contribution in [2.45, 2.75) is 31.0 Å². The minimum Gasteiger partial charge on any atom is -0.394 e. The molecule has 118 valence electrons. The van der Waals surface area contributed by atoms with Crippen LogP contribution < -0.4 is 0 Å². The summed E-state index contributed by atoms with van der Waals surface area (Å²) in [4.78, 5) is 14.5. The van der Waals surface area contributed by atoms with Gasteiger partial charge in [0.05, 0.1) is 23.4 Å². The van der Waals surface area contributed by atoms with Gasteiger partial charge in [-0.2, -0.15) is 0 Å². The van der Waals surface area contributed by atoms with Crippen LogP contribution in [0.2, 0.25) is 0 Å². The Morgan fingerprint density at radius 3 is 2.86 bits per heavy atom. The van der Waals surface area contributed by atoms with Crippen LogP contribution in [0.5, 0.6) is 0 Å². The van der Waals surface area contributed by atoms with Crippen LogP contribution >= 0.6 is 0 Å². The number of ether oxygens (including phenoxy) is 1. The molecule has 1 aliphatic rings. The van der Waals surface area contributed by atoms with Gasteiger partial charge in [-0.25, -0.2) is 4.98 Å². The van der Waals surface area contributed by atoms with Crippen molar-refractivity contribution in [3.8, 4) is 0 Å². The predicted octanol–water partition coefficient (Wildman–Crippen LogP) is -0.0539. The number of para-hydroxylation sites is 1. The number of benzene rings is 1. The molecule has 0 saturated carbocycles. The first kappa shape index (κ1) is 14.9. The molecule has 0 aliphatic carbocycles. The Kier molecular flexibility index (Phi) is 3.37. The summed E-state index contributed by atoms with van der Waals surface area (Å²) in [6.45, 7) is 0.918. The molecule has 4 atom stereocenters. The number of nitro benzene ring substituents is 1. The number of fused-ring (bicyclic) bond motifs is 1. The quantitative estimate of drug-likeness (QED) is 0.535. The largest absolute Gasteiger partial charge is 0.394 e. The zero-order valence-corrected chi connectivity index (χ0v) is 11.7. The normalized spacial score (nSPS) is 31.7. The van der Waals surface area contributed by atoms with Gasteiger partial charge in [0.1, 0.15) is 17.8 Å². The average Bonchev–Trinajstić information content (AvgIpc) is 2.99. The number of aromatic nitrogens is 2.